The minimum absolute atomic E-state index is 0.0307. The monoisotopic (exact) mass is 552 g/mol. The molecule has 4 N–H and O–H groups in total. The Morgan fingerprint density at radius 1 is 0.976 bits per heavy atom. The standard InChI is InChI=1S/C31H29FN6O3/c1-41-27-18-22(30(40)38-15-2-16-38)7-13-26(27)36-31(33)37-28-14-8-23(19-34-28)21-5-11-25(12-6-21)35-29(39)17-20-3-9-24(32)10-4-20/h3-14,18-19H,2,15-17H2,1H3,(H,35,39)(H3,33,34,36,37). The van der Waals surface area contributed by atoms with Crippen LogP contribution in [0.4, 0.5) is 15.8 Å². The largest absolute Gasteiger partial charge is 0.495 e. The van der Waals surface area contributed by atoms with Gasteiger partial charge in [0.05, 0.1) is 19.2 Å². The maximum absolute atomic E-state index is 13.1. The highest BCUT2D eigenvalue weighted by Gasteiger charge is 2.22. The second-order valence-corrected chi connectivity index (χ2v) is 9.54. The maximum atomic E-state index is 13.1. The van der Waals surface area contributed by atoms with Crippen LogP contribution in [0, 0.1) is 11.2 Å². The molecule has 0 aliphatic carbocycles. The Kier molecular flexibility index (Phi) is 8.19. The number of ether oxygens (including phenoxy) is 1. The van der Waals surface area contributed by atoms with Crippen LogP contribution in [0.3, 0.4) is 0 Å². The molecule has 0 spiro atoms. The van der Waals surface area contributed by atoms with Gasteiger partial charge in [-0.2, -0.15) is 4.99 Å². The Bertz CT molecular complexity index is 1620. The van der Waals surface area contributed by atoms with Crippen LogP contribution in [-0.2, 0) is 11.2 Å². The molecule has 0 bridgehead atoms. The van der Waals surface area contributed by atoms with E-state index in [1.165, 1.54) is 19.2 Å². The minimum Gasteiger partial charge on any atom is -0.495 e. The van der Waals surface area contributed by atoms with Crippen LogP contribution in [0.5, 0.6) is 5.75 Å². The number of H-pyrrole nitrogens is 1. The summed E-state index contributed by atoms with van der Waals surface area (Å²) in [6.07, 6.45) is 2.96. The number of guanidine groups is 1. The van der Waals surface area contributed by atoms with Crippen molar-refractivity contribution in [3.8, 4) is 16.9 Å². The van der Waals surface area contributed by atoms with E-state index in [1.54, 1.807) is 47.5 Å². The molecule has 41 heavy (non-hydrogen) atoms. The SMILES string of the molecule is COc1cc(C(=O)N2CCC2)ccc1NC(=N)/N=c1/ccc(-c2ccc(NC(=O)Cc3ccc(F)cc3)cc2)c[nH]1. The third-order valence-corrected chi connectivity index (χ3v) is 6.65. The van der Waals surface area contributed by atoms with Gasteiger partial charge in [0.1, 0.15) is 17.1 Å². The number of rotatable bonds is 7. The van der Waals surface area contributed by atoms with Crippen molar-refractivity contribution in [3.05, 3.63) is 107 Å². The highest BCUT2D eigenvalue weighted by molar-refractivity contribution is 5.98. The fourth-order valence-corrected chi connectivity index (χ4v) is 4.31. The van der Waals surface area contributed by atoms with Gasteiger partial charge in [0.15, 0.2) is 0 Å². The molecule has 0 radical (unpaired) electrons. The van der Waals surface area contributed by atoms with Gasteiger partial charge in [0.2, 0.25) is 11.9 Å². The number of halogens is 1. The van der Waals surface area contributed by atoms with E-state index in [-0.39, 0.29) is 30.0 Å². The third-order valence-electron chi connectivity index (χ3n) is 6.65. The third kappa shape index (κ3) is 6.85. The van der Waals surface area contributed by atoms with Gasteiger partial charge in [-0.15, -0.1) is 0 Å². The average Bonchev–Trinajstić information content (AvgIpc) is 2.94. The number of aromatic nitrogens is 1. The van der Waals surface area contributed by atoms with Crippen LogP contribution < -0.4 is 20.9 Å². The lowest BCUT2D eigenvalue weighted by atomic mass is 10.1. The van der Waals surface area contributed by atoms with E-state index in [0.717, 1.165) is 36.2 Å². The molecule has 5 rings (SSSR count). The van der Waals surface area contributed by atoms with Gasteiger partial charge < -0.3 is 25.3 Å². The van der Waals surface area contributed by atoms with Crippen LogP contribution in [0.2, 0.25) is 0 Å². The molecule has 3 aromatic carbocycles. The lowest BCUT2D eigenvalue weighted by Crippen LogP contribution is -2.42. The Morgan fingerprint density at radius 3 is 2.34 bits per heavy atom. The molecule has 1 saturated heterocycles. The van der Waals surface area contributed by atoms with E-state index in [2.05, 4.69) is 20.6 Å². The highest BCUT2D eigenvalue weighted by atomic mass is 19.1. The molecule has 1 fully saturated rings. The molecule has 0 unspecified atom stereocenters. The minimum atomic E-state index is -0.336. The quantitative estimate of drug-likeness (QED) is 0.194. The van der Waals surface area contributed by atoms with Crippen LogP contribution in [0.25, 0.3) is 11.1 Å². The predicted molar refractivity (Wildman–Crippen MR) is 155 cm³/mol. The summed E-state index contributed by atoms with van der Waals surface area (Å²) in [4.78, 5) is 33.9. The first-order chi connectivity index (χ1) is 19.9. The topological polar surface area (TPSA) is 123 Å². The van der Waals surface area contributed by atoms with Gasteiger partial charge in [-0.3, -0.25) is 15.0 Å². The summed E-state index contributed by atoms with van der Waals surface area (Å²) in [6, 6.07) is 22.0. The molecule has 208 valence electrons. The van der Waals surface area contributed by atoms with E-state index < -0.39 is 0 Å². The van der Waals surface area contributed by atoms with Crippen LogP contribution in [-0.4, -0.2) is 47.9 Å². The Hall–Kier alpha value is -5.25. The summed E-state index contributed by atoms with van der Waals surface area (Å²) < 4.78 is 18.5. The summed E-state index contributed by atoms with van der Waals surface area (Å²) in [5.74, 6) is -0.205. The van der Waals surface area contributed by atoms with Crippen molar-refractivity contribution in [3.63, 3.8) is 0 Å². The summed E-state index contributed by atoms with van der Waals surface area (Å²) in [5.41, 5.74) is 4.76. The summed E-state index contributed by atoms with van der Waals surface area (Å²) in [7, 11) is 1.51. The molecule has 1 aromatic heterocycles. The Morgan fingerprint density at radius 2 is 1.71 bits per heavy atom. The second kappa shape index (κ2) is 12.3. The molecule has 1 aliphatic heterocycles. The summed E-state index contributed by atoms with van der Waals surface area (Å²) >= 11 is 0. The number of amides is 2. The van der Waals surface area contributed by atoms with Crippen molar-refractivity contribution >= 4 is 29.1 Å². The fraction of sp³-hybridized carbons (Fsp3) is 0.161. The number of anilines is 2. The number of methoxy groups -OCH3 is 1. The van der Waals surface area contributed by atoms with Crippen LogP contribution in [0.1, 0.15) is 22.3 Å². The van der Waals surface area contributed by atoms with Crippen molar-refractivity contribution in [2.75, 3.05) is 30.8 Å². The molecule has 0 atom stereocenters. The lowest BCUT2D eigenvalue weighted by molar-refractivity contribution is -0.115. The summed E-state index contributed by atoms with van der Waals surface area (Å²) in [6.45, 7) is 1.53. The van der Waals surface area contributed by atoms with Crippen LogP contribution >= 0.6 is 0 Å². The lowest BCUT2D eigenvalue weighted by Gasteiger charge is -2.31. The first-order valence-electron chi connectivity index (χ1n) is 13.1. The zero-order valence-electron chi connectivity index (χ0n) is 22.4. The number of likely N-dealkylation sites (tertiary alicyclic amines) is 1. The Balaban J connectivity index is 1.19. The van der Waals surface area contributed by atoms with Crippen molar-refractivity contribution in [2.45, 2.75) is 12.8 Å². The van der Waals surface area contributed by atoms with Gasteiger partial charge >= 0.3 is 0 Å². The van der Waals surface area contributed by atoms with Gasteiger partial charge in [-0.25, -0.2) is 4.39 Å². The highest BCUT2D eigenvalue weighted by Crippen LogP contribution is 2.27. The second-order valence-electron chi connectivity index (χ2n) is 9.54. The molecule has 2 amide bonds. The van der Waals surface area contributed by atoms with Gasteiger partial charge in [-0.05, 0) is 77.7 Å². The van der Waals surface area contributed by atoms with Crippen LogP contribution in [0.15, 0.2) is 90.1 Å². The van der Waals surface area contributed by atoms with E-state index in [0.29, 0.717) is 28.2 Å². The molecular weight excluding hydrogens is 523 g/mol. The number of pyridine rings is 1. The number of nitrogens with one attached hydrogen (secondary N) is 4. The van der Waals surface area contributed by atoms with Crippen molar-refractivity contribution in [1.82, 2.24) is 9.88 Å². The maximum Gasteiger partial charge on any atom is 0.253 e. The number of hydrogen-bond acceptors (Lipinski definition) is 4. The molecule has 0 saturated carbocycles. The first-order valence-corrected chi connectivity index (χ1v) is 13.1. The number of carbonyl (C=O) groups excluding carboxylic acids is 2. The van der Waals surface area contributed by atoms with Gasteiger partial charge in [-0.1, -0.05) is 24.3 Å². The zero-order valence-corrected chi connectivity index (χ0v) is 22.4. The van der Waals surface area contributed by atoms with E-state index >= 15 is 0 Å². The van der Waals surface area contributed by atoms with E-state index in [4.69, 9.17) is 10.1 Å². The molecule has 10 heteroatoms. The van der Waals surface area contributed by atoms with Crippen molar-refractivity contribution in [1.29, 1.82) is 5.41 Å². The molecule has 2 heterocycles. The number of aromatic amines is 1. The van der Waals surface area contributed by atoms with E-state index in [9.17, 15) is 14.0 Å². The molecule has 4 aromatic rings. The zero-order chi connectivity index (χ0) is 28.8. The van der Waals surface area contributed by atoms with Crippen molar-refractivity contribution in [2.24, 2.45) is 4.99 Å². The van der Waals surface area contributed by atoms with Crippen molar-refractivity contribution < 1.29 is 18.7 Å². The normalized spacial score (nSPS) is 12.8. The molecule has 1 aliphatic rings. The Labute approximate surface area is 236 Å². The summed E-state index contributed by atoms with van der Waals surface area (Å²) in [5, 5.41) is 14.0. The number of carbonyl (C=O) groups is 2. The average molecular weight is 553 g/mol. The number of hydrogen-bond donors (Lipinski definition) is 4. The first kappa shape index (κ1) is 27.3. The number of nitrogens with zero attached hydrogens (tertiary/aromatic N) is 2. The number of benzene rings is 3. The smallest absolute Gasteiger partial charge is 0.253 e. The fourth-order valence-electron chi connectivity index (χ4n) is 4.31. The molecular formula is C31H29FN6O3. The predicted octanol–water partition coefficient (Wildman–Crippen LogP) is 4.80. The molecule has 9 nitrogen and oxygen atoms in total. The van der Waals surface area contributed by atoms with Gasteiger partial charge in [0, 0.05) is 30.5 Å². The van der Waals surface area contributed by atoms with E-state index in [1.807, 2.05) is 30.3 Å². The van der Waals surface area contributed by atoms with Gasteiger partial charge in [0.25, 0.3) is 5.91 Å².